The van der Waals surface area contributed by atoms with Gasteiger partial charge in [0.25, 0.3) is 0 Å². The lowest BCUT2D eigenvalue weighted by Crippen LogP contribution is -2.10. The average Bonchev–Trinajstić information content (AvgIpc) is 2.73. The second-order valence-corrected chi connectivity index (χ2v) is 4.16. The fourth-order valence-corrected chi connectivity index (χ4v) is 2.08. The van der Waals surface area contributed by atoms with Crippen LogP contribution in [0.25, 0.3) is 11.3 Å². The van der Waals surface area contributed by atoms with Crippen LogP contribution in [0, 0.1) is 11.6 Å². The molecule has 5 heteroatoms. The SMILES string of the molecule is CCCn1c(C(=O)O)ccc1-c1c(F)cccc1F. The van der Waals surface area contributed by atoms with Gasteiger partial charge in [-0.15, -0.1) is 0 Å². The van der Waals surface area contributed by atoms with Gasteiger partial charge in [0.15, 0.2) is 0 Å². The summed E-state index contributed by atoms with van der Waals surface area (Å²) in [6.45, 7) is 2.25. The molecule has 0 saturated heterocycles. The van der Waals surface area contributed by atoms with Crippen LogP contribution < -0.4 is 0 Å². The van der Waals surface area contributed by atoms with Crippen LogP contribution in [0.15, 0.2) is 30.3 Å². The maximum atomic E-state index is 13.8. The van der Waals surface area contributed by atoms with Crippen molar-refractivity contribution in [2.75, 3.05) is 0 Å². The Kier molecular flexibility index (Phi) is 3.64. The minimum absolute atomic E-state index is 0.0273. The van der Waals surface area contributed by atoms with Crippen molar-refractivity contribution in [1.29, 1.82) is 0 Å². The van der Waals surface area contributed by atoms with Crippen molar-refractivity contribution in [1.82, 2.24) is 4.57 Å². The first-order valence-electron chi connectivity index (χ1n) is 5.93. The van der Waals surface area contributed by atoms with Gasteiger partial charge < -0.3 is 9.67 Å². The quantitative estimate of drug-likeness (QED) is 0.918. The summed E-state index contributed by atoms with van der Waals surface area (Å²) in [6, 6.07) is 6.38. The minimum Gasteiger partial charge on any atom is -0.477 e. The number of carboxylic acid groups (broad SMARTS) is 1. The largest absolute Gasteiger partial charge is 0.477 e. The molecule has 1 N–H and O–H groups in total. The Morgan fingerprint density at radius 3 is 2.37 bits per heavy atom. The highest BCUT2D eigenvalue weighted by molar-refractivity contribution is 5.87. The zero-order valence-electron chi connectivity index (χ0n) is 10.4. The van der Waals surface area contributed by atoms with E-state index in [4.69, 9.17) is 5.11 Å². The first kappa shape index (κ1) is 13.3. The smallest absolute Gasteiger partial charge is 0.352 e. The number of hydrogen-bond acceptors (Lipinski definition) is 1. The van der Waals surface area contributed by atoms with Gasteiger partial charge in [-0.3, -0.25) is 0 Å². The van der Waals surface area contributed by atoms with E-state index in [-0.39, 0.29) is 17.0 Å². The summed E-state index contributed by atoms with van der Waals surface area (Å²) in [4.78, 5) is 11.1. The van der Waals surface area contributed by atoms with Gasteiger partial charge in [-0.05, 0) is 30.7 Å². The zero-order valence-corrected chi connectivity index (χ0v) is 10.4. The summed E-state index contributed by atoms with van der Waals surface area (Å²) >= 11 is 0. The van der Waals surface area contributed by atoms with Crippen LogP contribution in [0.4, 0.5) is 8.78 Å². The van der Waals surface area contributed by atoms with Crippen LogP contribution >= 0.6 is 0 Å². The number of halogens is 2. The summed E-state index contributed by atoms with van der Waals surface area (Å²) in [5, 5.41) is 9.08. The van der Waals surface area contributed by atoms with Crippen molar-refractivity contribution in [3.05, 3.63) is 47.7 Å². The van der Waals surface area contributed by atoms with Crippen molar-refractivity contribution in [3.63, 3.8) is 0 Å². The van der Waals surface area contributed by atoms with Gasteiger partial charge >= 0.3 is 5.97 Å². The van der Waals surface area contributed by atoms with E-state index in [9.17, 15) is 13.6 Å². The third-order valence-corrected chi connectivity index (χ3v) is 2.87. The highest BCUT2D eigenvalue weighted by Gasteiger charge is 2.19. The summed E-state index contributed by atoms with van der Waals surface area (Å²) < 4.78 is 29.0. The summed E-state index contributed by atoms with van der Waals surface area (Å²) in [5.41, 5.74) is 0.0813. The molecule has 1 aromatic carbocycles. The Bertz CT molecular complexity index is 600. The Morgan fingerprint density at radius 2 is 1.84 bits per heavy atom. The second-order valence-electron chi connectivity index (χ2n) is 4.16. The predicted octanol–water partition coefficient (Wildman–Crippen LogP) is 3.54. The van der Waals surface area contributed by atoms with Gasteiger partial charge in [-0.2, -0.15) is 0 Å². The topological polar surface area (TPSA) is 42.2 Å². The summed E-state index contributed by atoms with van der Waals surface area (Å²) in [6.07, 6.45) is 0.665. The van der Waals surface area contributed by atoms with Gasteiger partial charge in [-0.25, -0.2) is 13.6 Å². The average molecular weight is 265 g/mol. The highest BCUT2D eigenvalue weighted by atomic mass is 19.1. The first-order chi connectivity index (χ1) is 9.06. The highest BCUT2D eigenvalue weighted by Crippen LogP contribution is 2.28. The van der Waals surface area contributed by atoms with Crippen molar-refractivity contribution in [3.8, 4) is 11.3 Å². The Balaban J connectivity index is 2.65. The van der Waals surface area contributed by atoms with E-state index in [1.807, 2.05) is 6.92 Å². The maximum absolute atomic E-state index is 13.8. The summed E-state index contributed by atoms with van der Waals surface area (Å²) in [7, 11) is 0. The van der Waals surface area contributed by atoms with Gasteiger partial charge in [0.05, 0.1) is 11.3 Å². The molecule has 0 radical (unpaired) electrons. The molecule has 0 aliphatic heterocycles. The van der Waals surface area contributed by atoms with E-state index < -0.39 is 17.6 Å². The molecular formula is C14H13F2NO2. The lowest BCUT2D eigenvalue weighted by Gasteiger charge is -2.11. The Hall–Kier alpha value is -2.17. The molecular weight excluding hydrogens is 252 g/mol. The van der Waals surface area contributed by atoms with E-state index in [2.05, 4.69) is 0 Å². The molecule has 0 atom stereocenters. The maximum Gasteiger partial charge on any atom is 0.352 e. The van der Waals surface area contributed by atoms with Crippen molar-refractivity contribution < 1.29 is 18.7 Å². The zero-order chi connectivity index (χ0) is 14.0. The number of rotatable bonds is 4. The fraction of sp³-hybridized carbons (Fsp3) is 0.214. The van der Waals surface area contributed by atoms with Crippen molar-refractivity contribution >= 4 is 5.97 Å². The van der Waals surface area contributed by atoms with Crippen molar-refractivity contribution in [2.45, 2.75) is 19.9 Å². The van der Waals surface area contributed by atoms with Crippen LogP contribution in [0.2, 0.25) is 0 Å². The van der Waals surface area contributed by atoms with E-state index in [1.54, 1.807) is 0 Å². The molecule has 3 nitrogen and oxygen atoms in total. The third kappa shape index (κ3) is 2.36. The van der Waals surface area contributed by atoms with Crippen LogP contribution in [0.3, 0.4) is 0 Å². The van der Waals surface area contributed by atoms with Gasteiger partial charge in [-0.1, -0.05) is 13.0 Å². The number of aromatic nitrogens is 1. The molecule has 0 aliphatic rings. The molecule has 0 spiro atoms. The molecule has 0 fully saturated rings. The van der Waals surface area contributed by atoms with E-state index >= 15 is 0 Å². The molecule has 2 aromatic rings. The number of benzene rings is 1. The third-order valence-electron chi connectivity index (χ3n) is 2.87. The predicted molar refractivity (Wildman–Crippen MR) is 67.0 cm³/mol. The molecule has 0 amide bonds. The van der Waals surface area contributed by atoms with E-state index in [1.165, 1.54) is 22.8 Å². The van der Waals surface area contributed by atoms with Crippen LogP contribution in [0.5, 0.6) is 0 Å². The molecule has 0 saturated carbocycles. The normalized spacial score (nSPS) is 10.7. The lowest BCUT2D eigenvalue weighted by atomic mass is 10.1. The van der Waals surface area contributed by atoms with E-state index in [0.717, 1.165) is 12.1 Å². The summed E-state index contributed by atoms with van der Waals surface area (Å²) in [5.74, 6) is -2.52. The minimum atomic E-state index is -1.11. The fourth-order valence-electron chi connectivity index (χ4n) is 2.08. The lowest BCUT2D eigenvalue weighted by molar-refractivity contribution is 0.0685. The first-order valence-corrected chi connectivity index (χ1v) is 5.93. The number of aromatic carboxylic acids is 1. The monoisotopic (exact) mass is 265 g/mol. The van der Waals surface area contributed by atoms with Crippen LogP contribution in [-0.4, -0.2) is 15.6 Å². The number of hydrogen-bond donors (Lipinski definition) is 1. The van der Waals surface area contributed by atoms with E-state index in [0.29, 0.717) is 13.0 Å². The van der Waals surface area contributed by atoms with Gasteiger partial charge in [0, 0.05) is 6.54 Å². The number of carbonyl (C=O) groups is 1. The van der Waals surface area contributed by atoms with Gasteiger partial charge in [0.2, 0.25) is 0 Å². The van der Waals surface area contributed by atoms with Crippen LogP contribution in [-0.2, 0) is 6.54 Å². The standard InChI is InChI=1S/C14H13F2NO2/c1-2-8-17-11(6-7-12(17)14(18)19)13-9(15)4-3-5-10(13)16/h3-7H,2,8H2,1H3,(H,18,19). The molecule has 1 heterocycles. The number of nitrogens with zero attached hydrogens (tertiary/aromatic N) is 1. The molecule has 19 heavy (non-hydrogen) atoms. The molecule has 2 rings (SSSR count). The Labute approximate surface area is 109 Å². The van der Waals surface area contributed by atoms with Gasteiger partial charge in [0.1, 0.15) is 17.3 Å². The van der Waals surface area contributed by atoms with Crippen LogP contribution in [0.1, 0.15) is 23.8 Å². The molecule has 1 aromatic heterocycles. The molecule has 0 aliphatic carbocycles. The van der Waals surface area contributed by atoms with Crippen molar-refractivity contribution in [2.24, 2.45) is 0 Å². The Morgan fingerprint density at radius 1 is 1.21 bits per heavy atom. The molecule has 100 valence electrons. The second kappa shape index (κ2) is 5.22. The molecule has 0 unspecified atom stereocenters. The molecule has 0 bridgehead atoms. The number of carboxylic acids is 1.